The fraction of sp³-hybridized carbons (Fsp3) is 0. The Morgan fingerprint density at radius 2 is 2.21 bits per heavy atom. The number of hydrogen-bond donors (Lipinski definition) is 1. The third kappa shape index (κ3) is 3.20. The predicted molar refractivity (Wildman–Crippen MR) is 68.2 cm³/mol. The number of nitrogens with zero attached hydrogens (tertiary/aromatic N) is 1. The Morgan fingerprint density at radius 1 is 1.50 bits per heavy atom. The Morgan fingerprint density at radius 3 is 2.86 bits per heavy atom. The summed E-state index contributed by atoms with van der Waals surface area (Å²) in [5.41, 5.74) is 1.03. The first-order valence-corrected chi connectivity index (χ1v) is 6.01. The summed E-state index contributed by atoms with van der Waals surface area (Å²) in [5.74, 6) is 0. The molecule has 0 radical (unpaired) electrons. The zero-order chi connectivity index (χ0) is 9.26. The predicted octanol–water partition coefficient (Wildman–Crippen LogP) is 0.720. The second kappa shape index (κ2) is 5.84. The molecule has 0 spiro atoms. The first kappa shape index (κ1) is 13.0. The third-order valence-electron chi connectivity index (χ3n) is 1.45. The molecule has 0 aliphatic heterocycles. The van der Waals surface area contributed by atoms with Gasteiger partial charge in [-0.05, 0) is 23.9 Å². The first-order valence-electron chi connectivity index (χ1n) is 3.52. The number of hydrogen-bond acceptors (Lipinski definition) is 4. The van der Waals surface area contributed by atoms with E-state index in [0.717, 1.165) is 9.86 Å². The van der Waals surface area contributed by atoms with Crippen LogP contribution >= 0.6 is 47.9 Å². The van der Waals surface area contributed by atoms with E-state index < -0.39 is 0 Å². The molecule has 0 saturated carbocycles. The Balaban J connectivity index is 0.000000980. The summed E-state index contributed by atoms with van der Waals surface area (Å²) in [7, 11) is 0. The second-order valence-corrected chi connectivity index (χ2v) is 6.32. The van der Waals surface area contributed by atoms with Gasteiger partial charge in [0.2, 0.25) is 0 Å². The van der Waals surface area contributed by atoms with Crippen LogP contribution in [0.5, 0.6) is 0 Å². The van der Waals surface area contributed by atoms with Gasteiger partial charge in [0.15, 0.2) is 4.34 Å². The maximum Gasteiger partial charge on any atom is 1.00 e. The molecule has 2 aromatic rings. The smallest absolute Gasteiger partial charge is 1.00 e. The number of aromatic nitrogens is 1. The molecule has 0 aliphatic rings. The van der Waals surface area contributed by atoms with Gasteiger partial charge in [-0.2, -0.15) is 0 Å². The van der Waals surface area contributed by atoms with E-state index in [2.05, 4.69) is 23.7 Å². The van der Waals surface area contributed by atoms with Crippen molar-refractivity contribution in [3.8, 4) is 0 Å². The fourth-order valence-corrected chi connectivity index (χ4v) is 3.49. The van der Waals surface area contributed by atoms with Gasteiger partial charge in [0.05, 0.1) is 10.2 Å². The number of benzene rings is 1. The van der Waals surface area contributed by atoms with Crippen molar-refractivity contribution in [2.24, 2.45) is 0 Å². The van der Waals surface area contributed by atoms with E-state index in [1.165, 1.54) is 16.5 Å². The van der Waals surface area contributed by atoms with Crippen molar-refractivity contribution in [2.45, 2.75) is 4.34 Å². The van der Waals surface area contributed by atoms with Crippen LogP contribution in [-0.2, 0) is 0 Å². The van der Waals surface area contributed by atoms with Crippen molar-refractivity contribution < 1.29 is 31.0 Å². The number of thioether (sulfide) groups is 1. The minimum Gasteiger partial charge on any atom is -1.00 e. The van der Waals surface area contributed by atoms with Gasteiger partial charge in [0.25, 0.3) is 0 Å². The Labute approximate surface area is 125 Å². The molecule has 0 amide bonds. The van der Waals surface area contributed by atoms with Crippen LogP contribution in [0.25, 0.3) is 10.2 Å². The third-order valence-corrected chi connectivity index (χ3v) is 3.74. The summed E-state index contributed by atoms with van der Waals surface area (Å²) in [6.45, 7) is 0. The number of thiazole rings is 1. The normalized spacial score (nSPS) is 9.79. The van der Waals surface area contributed by atoms with Crippen molar-refractivity contribution >= 4 is 61.7 Å². The van der Waals surface area contributed by atoms with Crippen LogP contribution in [0.1, 0.15) is 1.43 Å². The zero-order valence-corrected chi connectivity index (χ0v) is 12.8. The molecule has 0 fully saturated rings. The van der Waals surface area contributed by atoms with E-state index >= 15 is 0 Å². The summed E-state index contributed by atoms with van der Waals surface area (Å²) >= 11 is 12.0. The number of para-hydroxylation sites is 1. The SMILES string of the molecule is S=C(S)Sc1nc2ccccc2s1.[H-].[Na+]. The molecule has 6 heteroatoms. The first-order chi connectivity index (χ1) is 6.25. The summed E-state index contributed by atoms with van der Waals surface area (Å²) in [5, 5.41) is 0. The molecule has 0 unspecified atom stereocenters. The Hall–Kier alpha value is 0.900. The molecule has 1 nitrogen and oxygen atoms in total. The second-order valence-electron chi connectivity index (χ2n) is 2.32. The molecule has 1 aromatic carbocycles. The summed E-state index contributed by atoms with van der Waals surface area (Å²) in [6.07, 6.45) is 0. The van der Waals surface area contributed by atoms with Gasteiger partial charge in [-0.3, -0.25) is 0 Å². The van der Waals surface area contributed by atoms with Gasteiger partial charge in [-0.25, -0.2) is 4.98 Å². The van der Waals surface area contributed by atoms with Gasteiger partial charge in [-0.1, -0.05) is 24.4 Å². The molecule has 1 aromatic heterocycles. The van der Waals surface area contributed by atoms with E-state index in [-0.39, 0.29) is 31.0 Å². The van der Waals surface area contributed by atoms with Crippen molar-refractivity contribution in [2.75, 3.05) is 0 Å². The molecule has 14 heavy (non-hydrogen) atoms. The van der Waals surface area contributed by atoms with Gasteiger partial charge in [0.1, 0.15) is 3.53 Å². The minimum absolute atomic E-state index is 0. The van der Waals surface area contributed by atoms with Crippen LogP contribution in [0, 0.1) is 0 Å². The summed E-state index contributed by atoms with van der Waals surface area (Å²) < 4.78 is 2.76. The molecule has 2 rings (SSSR count). The van der Waals surface area contributed by atoms with Crippen molar-refractivity contribution in [3.63, 3.8) is 0 Å². The molecule has 0 aliphatic carbocycles. The van der Waals surface area contributed by atoms with Crippen LogP contribution in [0.2, 0.25) is 0 Å². The number of thiol groups is 1. The maximum absolute atomic E-state index is 4.88. The molecule has 0 N–H and O–H groups in total. The van der Waals surface area contributed by atoms with Gasteiger partial charge < -0.3 is 1.43 Å². The van der Waals surface area contributed by atoms with Crippen LogP contribution < -0.4 is 29.6 Å². The maximum atomic E-state index is 4.88. The van der Waals surface area contributed by atoms with Crippen LogP contribution in [0.15, 0.2) is 28.6 Å². The van der Waals surface area contributed by atoms with E-state index in [9.17, 15) is 0 Å². The molecular formula is C8H6NNaS4. The van der Waals surface area contributed by atoms with Crippen molar-refractivity contribution in [1.29, 1.82) is 0 Å². The van der Waals surface area contributed by atoms with Gasteiger partial charge >= 0.3 is 29.6 Å². The molecule has 68 valence electrons. The van der Waals surface area contributed by atoms with Gasteiger partial charge in [0, 0.05) is 0 Å². The largest absolute Gasteiger partial charge is 1.00 e. The fourth-order valence-electron chi connectivity index (χ4n) is 0.969. The van der Waals surface area contributed by atoms with E-state index in [1.807, 2.05) is 18.2 Å². The average Bonchev–Trinajstić information content (AvgIpc) is 2.44. The van der Waals surface area contributed by atoms with Gasteiger partial charge in [-0.15, -0.1) is 24.0 Å². The number of rotatable bonds is 1. The van der Waals surface area contributed by atoms with Crippen molar-refractivity contribution in [1.82, 2.24) is 4.98 Å². The number of fused-ring (bicyclic) bond motifs is 1. The Bertz CT molecular complexity index is 426. The minimum atomic E-state index is 0. The van der Waals surface area contributed by atoms with E-state index in [0.29, 0.717) is 3.53 Å². The quantitative estimate of drug-likeness (QED) is 0.354. The van der Waals surface area contributed by atoms with Crippen LogP contribution in [0.4, 0.5) is 0 Å². The number of thiocarbonyl (C=S) groups is 1. The van der Waals surface area contributed by atoms with Crippen LogP contribution in [-0.4, -0.2) is 8.51 Å². The van der Waals surface area contributed by atoms with E-state index in [4.69, 9.17) is 12.2 Å². The summed E-state index contributed by atoms with van der Waals surface area (Å²) in [4.78, 5) is 4.40. The molecule has 1 heterocycles. The average molecular weight is 267 g/mol. The molecule has 0 saturated heterocycles. The topological polar surface area (TPSA) is 12.9 Å². The zero-order valence-electron chi connectivity index (χ0n) is 8.43. The monoisotopic (exact) mass is 267 g/mol. The Kier molecular flexibility index (Phi) is 5.41. The molecule has 0 atom stereocenters. The molecule has 0 bridgehead atoms. The summed E-state index contributed by atoms with van der Waals surface area (Å²) in [6, 6.07) is 8.04. The molecular weight excluding hydrogens is 261 g/mol. The standard InChI is InChI=1S/C8H5NS4.Na.H/c10-8(11)13-7-9-5-3-1-2-4-6(5)12-7;;/h1-4H,(H,10,11);;/q;+1;-1. The van der Waals surface area contributed by atoms with Crippen molar-refractivity contribution in [3.05, 3.63) is 24.3 Å². The van der Waals surface area contributed by atoms with Crippen LogP contribution in [0.3, 0.4) is 0 Å². The van der Waals surface area contributed by atoms with E-state index in [1.54, 1.807) is 11.3 Å².